The zero-order valence-corrected chi connectivity index (χ0v) is 17.3. The third kappa shape index (κ3) is 3.81. The number of hydrogen-bond acceptors (Lipinski definition) is 5. The van der Waals surface area contributed by atoms with Crippen molar-refractivity contribution in [2.75, 3.05) is 7.11 Å². The lowest BCUT2D eigenvalue weighted by Gasteiger charge is -2.31. The Labute approximate surface area is 177 Å². The molecule has 0 radical (unpaired) electrons. The van der Waals surface area contributed by atoms with Crippen LogP contribution in [0.3, 0.4) is 0 Å². The van der Waals surface area contributed by atoms with Crippen molar-refractivity contribution in [3.63, 3.8) is 0 Å². The molecule has 7 nitrogen and oxygen atoms in total. The smallest absolute Gasteiger partial charge is 0.424 e. The maximum atomic E-state index is 13.4. The van der Waals surface area contributed by atoms with Gasteiger partial charge in [0.1, 0.15) is 5.75 Å². The SMILES string of the molecule is COc1ccc(COCc2cc3n(n2)C[C@H](C)n2c-3cnc2C(C)(O)C(F)(F)F)cc1. The summed E-state index contributed by atoms with van der Waals surface area (Å²) in [6.07, 6.45) is -3.49. The summed E-state index contributed by atoms with van der Waals surface area (Å²) < 4.78 is 54.2. The predicted molar refractivity (Wildman–Crippen MR) is 105 cm³/mol. The highest BCUT2D eigenvalue weighted by molar-refractivity contribution is 5.57. The van der Waals surface area contributed by atoms with Crippen molar-refractivity contribution in [2.45, 2.75) is 51.4 Å². The van der Waals surface area contributed by atoms with Crippen LogP contribution >= 0.6 is 0 Å². The number of hydrogen-bond donors (Lipinski definition) is 1. The van der Waals surface area contributed by atoms with Crippen LogP contribution in [0.25, 0.3) is 11.4 Å². The van der Waals surface area contributed by atoms with E-state index in [2.05, 4.69) is 10.1 Å². The molecule has 1 aliphatic heterocycles. The summed E-state index contributed by atoms with van der Waals surface area (Å²) in [5.74, 6) is 0.340. The maximum absolute atomic E-state index is 13.4. The largest absolute Gasteiger partial charge is 0.497 e. The highest BCUT2D eigenvalue weighted by Gasteiger charge is 2.55. The van der Waals surface area contributed by atoms with Gasteiger partial charge in [-0.2, -0.15) is 18.3 Å². The van der Waals surface area contributed by atoms with E-state index >= 15 is 0 Å². The first kappa shape index (κ1) is 21.4. The third-order valence-electron chi connectivity index (χ3n) is 5.43. The number of aliphatic hydroxyl groups is 1. The van der Waals surface area contributed by atoms with Gasteiger partial charge in [-0.3, -0.25) is 4.68 Å². The number of methoxy groups -OCH3 is 1. The van der Waals surface area contributed by atoms with E-state index in [1.54, 1.807) is 24.8 Å². The number of imidazole rings is 1. The zero-order valence-electron chi connectivity index (χ0n) is 17.3. The average molecular weight is 436 g/mol. The molecule has 3 aromatic rings. The van der Waals surface area contributed by atoms with Crippen LogP contribution in [0.2, 0.25) is 0 Å². The van der Waals surface area contributed by atoms with Crippen molar-refractivity contribution in [1.29, 1.82) is 0 Å². The molecule has 2 atom stereocenters. The second-order valence-corrected chi connectivity index (χ2v) is 7.80. The van der Waals surface area contributed by atoms with E-state index in [1.165, 1.54) is 10.8 Å². The number of rotatable bonds is 6. The fourth-order valence-electron chi connectivity index (χ4n) is 3.70. The van der Waals surface area contributed by atoms with Gasteiger partial charge in [-0.15, -0.1) is 0 Å². The first-order valence-electron chi connectivity index (χ1n) is 9.76. The zero-order chi connectivity index (χ0) is 22.4. The predicted octanol–water partition coefficient (Wildman–Crippen LogP) is 3.82. The van der Waals surface area contributed by atoms with Crippen molar-refractivity contribution < 1.29 is 27.8 Å². The number of halogens is 3. The highest BCUT2D eigenvalue weighted by Crippen LogP contribution is 2.42. The number of benzene rings is 1. The normalized spacial score (nSPS) is 17.7. The Morgan fingerprint density at radius 1 is 1.16 bits per heavy atom. The Bertz CT molecular complexity index is 1070. The molecular weight excluding hydrogens is 413 g/mol. The van der Waals surface area contributed by atoms with Crippen LogP contribution in [0.4, 0.5) is 13.2 Å². The third-order valence-corrected chi connectivity index (χ3v) is 5.43. The minimum atomic E-state index is -4.84. The minimum absolute atomic E-state index is 0.252. The van der Waals surface area contributed by atoms with E-state index in [1.807, 2.05) is 24.3 Å². The average Bonchev–Trinajstić information content (AvgIpc) is 3.32. The van der Waals surface area contributed by atoms with Gasteiger partial charge in [0, 0.05) is 0 Å². The second kappa shape index (κ2) is 7.69. The van der Waals surface area contributed by atoms with Crippen LogP contribution in [0, 0.1) is 0 Å². The van der Waals surface area contributed by atoms with Crippen LogP contribution in [0.15, 0.2) is 36.5 Å². The van der Waals surface area contributed by atoms with Crippen LogP contribution in [-0.2, 0) is 30.1 Å². The molecule has 0 bridgehead atoms. The van der Waals surface area contributed by atoms with Gasteiger partial charge in [0.15, 0.2) is 5.82 Å². The maximum Gasteiger partial charge on any atom is 0.424 e. The molecule has 1 N–H and O–H groups in total. The Kier molecular flexibility index (Phi) is 5.30. The quantitative estimate of drug-likeness (QED) is 0.636. The molecule has 4 rings (SSSR count). The minimum Gasteiger partial charge on any atom is -0.497 e. The second-order valence-electron chi connectivity index (χ2n) is 7.80. The summed E-state index contributed by atoms with van der Waals surface area (Å²) >= 11 is 0. The first-order valence-corrected chi connectivity index (χ1v) is 9.76. The monoisotopic (exact) mass is 436 g/mol. The number of alkyl halides is 3. The molecule has 3 heterocycles. The number of ether oxygens (including phenoxy) is 2. The van der Waals surface area contributed by atoms with Gasteiger partial charge < -0.3 is 19.1 Å². The topological polar surface area (TPSA) is 74.3 Å². The molecule has 1 aliphatic rings. The molecule has 2 aromatic heterocycles. The van der Waals surface area contributed by atoms with E-state index in [0.717, 1.165) is 18.2 Å². The summed E-state index contributed by atoms with van der Waals surface area (Å²) in [6.45, 7) is 3.49. The van der Waals surface area contributed by atoms with Gasteiger partial charge >= 0.3 is 6.18 Å². The Hall–Kier alpha value is -2.85. The molecule has 31 heavy (non-hydrogen) atoms. The number of nitrogens with zero attached hydrogens (tertiary/aromatic N) is 4. The van der Waals surface area contributed by atoms with Crippen molar-refractivity contribution in [3.05, 3.63) is 53.6 Å². The van der Waals surface area contributed by atoms with Crippen molar-refractivity contribution in [1.82, 2.24) is 19.3 Å². The van der Waals surface area contributed by atoms with Crippen LogP contribution in [0.5, 0.6) is 5.75 Å². The van der Waals surface area contributed by atoms with E-state index in [-0.39, 0.29) is 12.6 Å². The van der Waals surface area contributed by atoms with Gasteiger partial charge in [0.25, 0.3) is 0 Å². The van der Waals surface area contributed by atoms with Crippen molar-refractivity contribution in [2.24, 2.45) is 0 Å². The van der Waals surface area contributed by atoms with Gasteiger partial charge in [-0.25, -0.2) is 4.98 Å². The van der Waals surface area contributed by atoms with E-state index in [0.29, 0.717) is 30.2 Å². The summed E-state index contributed by atoms with van der Waals surface area (Å²) in [5.41, 5.74) is -0.290. The molecule has 1 unspecified atom stereocenters. The van der Waals surface area contributed by atoms with Crippen molar-refractivity contribution >= 4 is 0 Å². The number of fused-ring (bicyclic) bond motifs is 3. The Morgan fingerprint density at radius 3 is 2.52 bits per heavy atom. The summed E-state index contributed by atoms with van der Waals surface area (Å²) in [7, 11) is 1.60. The lowest BCUT2D eigenvalue weighted by molar-refractivity contribution is -0.262. The van der Waals surface area contributed by atoms with Gasteiger partial charge in [-0.1, -0.05) is 12.1 Å². The van der Waals surface area contributed by atoms with E-state index in [9.17, 15) is 18.3 Å². The molecule has 1 aromatic carbocycles. The van der Waals surface area contributed by atoms with Crippen LogP contribution in [0.1, 0.15) is 37.0 Å². The molecule has 0 fully saturated rings. The molecule has 10 heteroatoms. The first-order chi connectivity index (χ1) is 14.6. The van der Waals surface area contributed by atoms with E-state index < -0.39 is 17.6 Å². The van der Waals surface area contributed by atoms with Gasteiger partial charge in [0.2, 0.25) is 5.60 Å². The number of aromatic nitrogens is 4. The van der Waals surface area contributed by atoms with Gasteiger partial charge in [0.05, 0.1) is 56.2 Å². The molecular formula is C21H23F3N4O3. The molecule has 166 valence electrons. The summed E-state index contributed by atoms with van der Waals surface area (Å²) in [6, 6.07) is 8.94. The van der Waals surface area contributed by atoms with Gasteiger partial charge in [-0.05, 0) is 37.6 Å². The molecule has 0 spiro atoms. The summed E-state index contributed by atoms with van der Waals surface area (Å²) in [4.78, 5) is 3.92. The lowest BCUT2D eigenvalue weighted by Crippen LogP contribution is -2.42. The fourth-order valence-corrected chi connectivity index (χ4v) is 3.70. The van der Waals surface area contributed by atoms with Crippen LogP contribution in [-0.4, -0.2) is 37.7 Å². The fraction of sp³-hybridized carbons (Fsp3) is 0.429. The van der Waals surface area contributed by atoms with Crippen molar-refractivity contribution in [3.8, 4) is 17.1 Å². The molecule has 0 amide bonds. The van der Waals surface area contributed by atoms with E-state index in [4.69, 9.17) is 9.47 Å². The highest BCUT2D eigenvalue weighted by atomic mass is 19.4. The Morgan fingerprint density at radius 2 is 1.87 bits per heavy atom. The van der Waals surface area contributed by atoms with Crippen LogP contribution < -0.4 is 4.74 Å². The molecule has 0 saturated heterocycles. The molecule has 0 saturated carbocycles. The standard InChI is InChI=1S/C21H23F3N4O3/c1-13-10-27-17(18-9-25-19(28(13)18)20(2,29)21(22,23)24)8-15(26-27)12-31-11-14-4-6-16(30-3)7-5-14/h4-9,13,29H,10-12H2,1-3H3/t13-,20?/m0/s1. The lowest BCUT2D eigenvalue weighted by atomic mass is 10.0. The Balaban J connectivity index is 1.53. The molecule has 0 aliphatic carbocycles. The summed E-state index contributed by atoms with van der Waals surface area (Å²) in [5, 5.41) is 14.7.